The molecule has 0 fully saturated rings. The van der Waals surface area contributed by atoms with Gasteiger partial charge in [0.1, 0.15) is 6.33 Å². The van der Waals surface area contributed by atoms with Crippen LogP contribution in [-0.4, -0.2) is 35.1 Å². The van der Waals surface area contributed by atoms with Gasteiger partial charge in [-0.25, -0.2) is 9.50 Å². The number of carbonyl (C=O) groups excluding carboxylic acids is 1. The molecule has 130 valence electrons. The summed E-state index contributed by atoms with van der Waals surface area (Å²) < 4.78 is 3.43. The van der Waals surface area contributed by atoms with Crippen LogP contribution < -0.4 is 0 Å². The summed E-state index contributed by atoms with van der Waals surface area (Å²) in [5.74, 6) is -0.0416. The molecule has 0 aliphatic carbocycles. The van der Waals surface area contributed by atoms with Crippen molar-refractivity contribution in [3.05, 3.63) is 65.5 Å². The third-order valence-corrected chi connectivity index (χ3v) is 4.29. The number of hydrogen-bond acceptors (Lipinski definition) is 5. The van der Waals surface area contributed by atoms with Crippen LogP contribution in [0, 0.1) is 13.8 Å². The first-order valence-electron chi connectivity index (χ1n) is 8.30. The summed E-state index contributed by atoms with van der Waals surface area (Å²) in [6.45, 7) is 3.91. The van der Waals surface area contributed by atoms with Gasteiger partial charge in [-0.1, -0.05) is 6.07 Å². The molecule has 0 aromatic carbocycles. The second-order valence-electron chi connectivity index (χ2n) is 6.39. The Morgan fingerprint density at radius 2 is 2.00 bits per heavy atom. The Morgan fingerprint density at radius 3 is 2.69 bits per heavy atom. The number of pyridine rings is 2. The van der Waals surface area contributed by atoms with E-state index in [0.29, 0.717) is 11.2 Å². The molecule has 0 atom stereocenters. The molecule has 0 saturated carbocycles. The predicted molar refractivity (Wildman–Crippen MR) is 96.9 cm³/mol. The molecule has 0 amide bonds. The van der Waals surface area contributed by atoms with Crippen LogP contribution in [0.2, 0.25) is 0 Å². The fraction of sp³-hybridized carbons (Fsp3) is 0.211. The highest BCUT2D eigenvalue weighted by molar-refractivity contribution is 6.03. The predicted octanol–water partition coefficient (Wildman–Crippen LogP) is 2.57. The van der Waals surface area contributed by atoms with Gasteiger partial charge in [-0.3, -0.25) is 14.5 Å². The molecular formula is C19H18N6O. The van der Waals surface area contributed by atoms with Crippen LogP contribution in [0.25, 0.3) is 16.9 Å². The SMILES string of the molecule is Cc1ccc(CC(=O)c2cc(-c3cc(C)nn3C)cn3ncnc23)nc1. The topological polar surface area (TPSA) is 78.0 Å². The van der Waals surface area contributed by atoms with Crippen LogP contribution in [0.4, 0.5) is 0 Å². The molecule has 7 nitrogen and oxygen atoms in total. The van der Waals surface area contributed by atoms with Crippen LogP contribution in [0.1, 0.15) is 27.3 Å². The van der Waals surface area contributed by atoms with Crippen LogP contribution in [0.15, 0.2) is 43.0 Å². The first-order valence-corrected chi connectivity index (χ1v) is 8.30. The molecule has 0 spiro atoms. The fourth-order valence-corrected chi connectivity index (χ4v) is 3.02. The Hall–Kier alpha value is -3.35. The Labute approximate surface area is 150 Å². The van der Waals surface area contributed by atoms with Crippen molar-refractivity contribution in [2.24, 2.45) is 7.05 Å². The lowest BCUT2D eigenvalue weighted by atomic mass is 10.0. The van der Waals surface area contributed by atoms with E-state index in [1.807, 2.05) is 51.4 Å². The van der Waals surface area contributed by atoms with E-state index in [1.165, 1.54) is 6.33 Å². The molecule has 0 N–H and O–H groups in total. The lowest BCUT2D eigenvalue weighted by molar-refractivity contribution is 0.0993. The minimum Gasteiger partial charge on any atom is -0.294 e. The van der Waals surface area contributed by atoms with Gasteiger partial charge in [0.15, 0.2) is 11.4 Å². The van der Waals surface area contributed by atoms with Gasteiger partial charge in [0.25, 0.3) is 0 Å². The third-order valence-electron chi connectivity index (χ3n) is 4.29. The highest BCUT2D eigenvalue weighted by Crippen LogP contribution is 2.23. The normalized spacial score (nSPS) is 11.2. The van der Waals surface area contributed by atoms with Crippen molar-refractivity contribution in [3.63, 3.8) is 0 Å². The molecule has 0 bridgehead atoms. The minimum atomic E-state index is -0.0416. The average Bonchev–Trinajstić information content (AvgIpc) is 3.21. The van der Waals surface area contributed by atoms with Crippen molar-refractivity contribution < 1.29 is 4.79 Å². The van der Waals surface area contributed by atoms with E-state index in [0.717, 1.165) is 28.2 Å². The Balaban J connectivity index is 1.78. The molecule has 4 heterocycles. The van der Waals surface area contributed by atoms with Gasteiger partial charge in [0.2, 0.25) is 0 Å². The molecule has 0 unspecified atom stereocenters. The maximum Gasteiger partial charge on any atom is 0.172 e. The molecule has 4 aromatic rings. The van der Waals surface area contributed by atoms with Gasteiger partial charge >= 0.3 is 0 Å². The maximum atomic E-state index is 12.9. The number of nitrogens with zero attached hydrogens (tertiary/aromatic N) is 6. The van der Waals surface area contributed by atoms with Gasteiger partial charge in [0, 0.05) is 30.7 Å². The minimum absolute atomic E-state index is 0.0416. The number of ketones is 1. The number of hydrogen-bond donors (Lipinski definition) is 0. The zero-order valence-corrected chi connectivity index (χ0v) is 14.8. The molecular weight excluding hydrogens is 328 g/mol. The van der Waals surface area contributed by atoms with Gasteiger partial charge < -0.3 is 0 Å². The molecule has 4 rings (SSSR count). The largest absolute Gasteiger partial charge is 0.294 e. The zero-order chi connectivity index (χ0) is 18.3. The Bertz CT molecular complexity index is 1110. The molecule has 26 heavy (non-hydrogen) atoms. The van der Waals surface area contributed by atoms with Crippen LogP contribution >= 0.6 is 0 Å². The number of aryl methyl sites for hydroxylation is 3. The first kappa shape index (κ1) is 16.1. The van der Waals surface area contributed by atoms with Crippen molar-refractivity contribution in [2.45, 2.75) is 20.3 Å². The van der Waals surface area contributed by atoms with Gasteiger partial charge in [0.05, 0.1) is 23.4 Å². The summed E-state index contributed by atoms with van der Waals surface area (Å²) in [5.41, 5.74) is 5.58. The Morgan fingerprint density at radius 1 is 1.15 bits per heavy atom. The number of rotatable bonds is 4. The van der Waals surface area contributed by atoms with E-state index in [9.17, 15) is 4.79 Å². The van der Waals surface area contributed by atoms with Crippen molar-refractivity contribution in [3.8, 4) is 11.3 Å². The summed E-state index contributed by atoms with van der Waals surface area (Å²) in [6.07, 6.45) is 5.30. The monoisotopic (exact) mass is 346 g/mol. The van der Waals surface area contributed by atoms with E-state index >= 15 is 0 Å². The lowest BCUT2D eigenvalue weighted by Crippen LogP contribution is -2.09. The van der Waals surface area contributed by atoms with Gasteiger partial charge in [-0.2, -0.15) is 10.2 Å². The highest BCUT2D eigenvalue weighted by Gasteiger charge is 2.17. The fourth-order valence-electron chi connectivity index (χ4n) is 3.02. The number of aromatic nitrogens is 6. The third kappa shape index (κ3) is 2.88. The standard InChI is InChI=1S/C19H18N6O/c1-12-4-5-15(20-9-12)8-18(26)16-7-14(10-25-19(16)21-11-22-25)17-6-13(2)23-24(17)3/h4-7,9-11H,8H2,1-3H3. The van der Waals surface area contributed by atoms with E-state index in [4.69, 9.17) is 0 Å². The summed E-state index contributed by atoms with van der Waals surface area (Å²) in [5, 5.41) is 8.59. The zero-order valence-electron chi connectivity index (χ0n) is 14.8. The number of carbonyl (C=O) groups is 1. The van der Waals surface area contributed by atoms with E-state index in [2.05, 4.69) is 20.2 Å². The molecule has 7 heteroatoms. The summed E-state index contributed by atoms with van der Waals surface area (Å²) in [7, 11) is 1.88. The number of Topliss-reactive ketones (excluding diaryl/α,β-unsaturated/α-hetero) is 1. The second kappa shape index (κ2) is 6.18. The molecule has 0 saturated heterocycles. The van der Waals surface area contributed by atoms with Crippen LogP contribution in [0.3, 0.4) is 0 Å². The smallest absolute Gasteiger partial charge is 0.172 e. The summed E-state index contributed by atoms with van der Waals surface area (Å²) in [4.78, 5) is 21.5. The summed E-state index contributed by atoms with van der Waals surface area (Å²) in [6, 6.07) is 7.67. The van der Waals surface area contributed by atoms with E-state index < -0.39 is 0 Å². The molecule has 0 aliphatic heterocycles. The molecule has 0 radical (unpaired) electrons. The first-order chi connectivity index (χ1) is 12.5. The Kier molecular flexibility index (Phi) is 3.84. The van der Waals surface area contributed by atoms with Crippen LogP contribution in [-0.2, 0) is 13.5 Å². The quantitative estimate of drug-likeness (QED) is 0.531. The van der Waals surface area contributed by atoms with Crippen LogP contribution in [0.5, 0.6) is 0 Å². The summed E-state index contributed by atoms with van der Waals surface area (Å²) >= 11 is 0. The molecule has 4 aromatic heterocycles. The van der Waals surface area contributed by atoms with Crippen molar-refractivity contribution in [1.29, 1.82) is 0 Å². The van der Waals surface area contributed by atoms with Gasteiger partial charge in [-0.15, -0.1) is 0 Å². The van der Waals surface area contributed by atoms with Crippen molar-refractivity contribution in [2.75, 3.05) is 0 Å². The van der Waals surface area contributed by atoms with Crippen molar-refractivity contribution >= 4 is 11.4 Å². The highest BCUT2D eigenvalue weighted by atomic mass is 16.1. The van der Waals surface area contributed by atoms with Gasteiger partial charge in [-0.05, 0) is 37.6 Å². The van der Waals surface area contributed by atoms with E-state index in [-0.39, 0.29) is 12.2 Å². The second-order valence-corrected chi connectivity index (χ2v) is 6.39. The lowest BCUT2D eigenvalue weighted by Gasteiger charge is -2.07. The van der Waals surface area contributed by atoms with E-state index in [1.54, 1.807) is 15.4 Å². The average molecular weight is 346 g/mol. The number of fused-ring (bicyclic) bond motifs is 1. The maximum absolute atomic E-state index is 12.9. The van der Waals surface area contributed by atoms with Crippen molar-refractivity contribution in [1.82, 2.24) is 29.4 Å². The molecule has 0 aliphatic rings.